The molecule has 0 fully saturated rings. The van der Waals surface area contributed by atoms with E-state index in [1.54, 1.807) is 0 Å². The second-order valence-electron chi connectivity index (χ2n) is 2.66. The van der Waals surface area contributed by atoms with E-state index < -0.39 is 0 Å². The number of fused-ring (bicyclic) bond motifs is 1. The Labute approximate surface area is 98.8 Å². The van der Waals surface area contributed by atoms with E-state index in [0.29, 0.717) is 0 Å². The van der Waals surface area contributed by atoms with Crippen LogP contribution in [0.2, 0.25) is 0 Å². The molecular weight excluding hydrogens is 235 g/mol. The number of hydrogen-bond donors (Lipinski definition) is 0. The molecule has 0 saturated heterocycles. The first-order chi connectivity index (χ1) is 5.86. The van der Waals surface area contributed by atoms with Crippen LogP contribution >= 0.6 is 0 Å². The topological polar surface area (TPSA) is 0 Å². The van der Waals surface area contributed by atoms with Crippen LogP contribution in [0.5, 0.6) is 0 Å². The van der Waals surface area contributed by atoms with Gasteiger partial charge in [0.25, 0.3) is 0 Å². The van der Waals surface area contributed by atoms with Crippen molar-refractivity contribution in [3.63, 3.8) is 0 Å². The Morgan fingerprint density at radius 3 is 2.38 bits per heavy atom. The van der Waals surface area contributed by atoms with Crippen LogP contribution in [-0.2, 0) is 26.2 Å². The minimum atomic E-state index is 0. The van der Waals surface area contributed by atoms with Crippen LogP contribution in [0.4, 0.5) is 0 Å². The second-order valence-corrected chi connectivity index (χ2v) is 2.66. The van der Waals surface area contributed by atoms with E-state index in [9.17, 15) is 0 Å². The summed E-state index contributed by atoms with van der Waals surface area (Å²) in [6.07, 6.45) is 0. The summed E-state index contributed by atoms with van der Waals surface area (Å²) in [7, 11) is 0. The van der Waals surface area contributed by atoms with E-state index in [4.69, 9.17) is 0 Å². The standard InChI is InChI=1S/C10H9.C2H4.Zr/c1-8-6-9-4-2-3-5-10(9)7-8;1-2;/h2-7H,1H3;1-2H2;/q-1;;. The van der Waals surface area contributed by atoms with Crippen LogP contribution in [-0.4, -0.2) is 0 Å². The first-order valence-electron chi connectivity index (χ1n) is 3.98. The van der Waals surface area contributed by atoms with E-state index in [2.05, 4.69) is 56.5 Å². The Balaban J connectivity index is 0.000000451. The average Bonchev–Trinajstić information content (AvgIpc) is 2.48. The van der Waals surface area contributed by atoms with Gasteiger partial charge in [-0.15, -0.1) is 53.8 Å². The predicted molar refractivity (Wildman–Crippen MR) is 55.5 cm³/mol. The summed E-state index contributed by atoms with van der Waals surface area (Å²) in [4.78, 5) is 0. The Kier molecular flexibility index (Phi) is 5.74. The van der Waals surface area contributed by atoms with Crippen LogP contribution in [0.25, 0.3) is 10.8 Å². The van der Waals surface area contributed by atoms with Crippen molar-refractivity contribution in [2.45, 2.75) is 6.92 Å². The van der Waals surface area contributed by atoms with Crippen LogP contribution in [0.3, 0.4) is 0 Å². The molecule has 0 bridgehead atoms. The predicted octanol–water partition coefficient (Wildman–Crippen LogP) is 3.67. The number of aryl methyl sites for hydroxylation is 1. The molecule has 0 aliphatic carbocycles. The zero-order valence-electron chi connectivity index (χ0n) is 7.88. The van der Waals surface area contributed by atoms with Crippen molar-refractivity contribution in [2.24, 2.45) is 0 Å². The van der Waals surface area contributed by atoms with Gasteiger partial charge in [-0.25, -0.2) is 0 Å². The van der Waals surface area contributed by atoms with Gasteiger partial charge in [0.2, 0.25) is 0 Å². The van der Waals surface area contributed by atoms with E-state index in [0.717, 1.165) is 0 Å². The largest absolute Gasteiger partial charge is 0.165 e. The maximum atomic E-state index is 3.00. The molecule has 0 amide bonds. The molecule has 0 aliphatic heterocycles. The minimum absolute atomic E-state index is 0. The number of rotatable bonds is 0. The zero-order valence-corrected chi connectivity index (χ0v) is 10.3. The van der Waals surface area contributed by atoms with Gasteiger partial charge < -0.3 is 0 Å². The Bertz CT molecular complexity index is 327. The van der Waals surface area contributed by atoms with Gasteiger partial charge in [0, 0.05) is 26.2 Å². The molecule has 0 aromatic heterocycles. The van der Waals surface area contributed by atoms with Crippen molar-refractivity contribution in [3.8, 4) is 0 Å². The molecule has 0 saturated carbocycles. The summed E-state index contributed by atoms with van der Waals surface area (Å²) in [5, 5.41) is 2.69. The van der Waals surface area contributed by atoms with Gasteiger partial charge >= 0.3 is 0 Å². The van der Waals surface area contributed by atoms with Crippen LogP contribution in [0.1, 0.15) is 5.56 Å². The van der Waals surface area contributed by atoms with Gasteiger partial charge in [0.15, 0.2) is 0 Å². The molecule has 0 heterocycles. The first kappa shape index (κ1) is 12.5. The van der Waals surface area contributed by atoms with Crippen LogP contribution in [0.15, 0.2) is 49.6 Å². The maximum Gasteiger partial charge on any atom is 0 e. The summed E-state index contributed by atoms with van der Waals surface area (Å²) in [6.45, 7) is 8.12. The quantitative estimate of drug-likeness (QED) is 0.493. The van der Waals surface area contributed by atoms with E-state index in [1.165, 1.54) is 16.3 Å². The molecule has 0 unspecified atom stereocenters. The zero-order chi connectivity index (χ0) is 8.97. The van der Waals surface area contributed by atoms with Gasteiger partial charge in [-0.2, -0.15) is 6.07 Å². The molecule has 0 radical (unpaired) electrons. The van der Waals surface area contributed by atoms with Crippen LogP contribution in [0, 0.1) is 6.92 Å². The smallest absolute Gasteiger partial charge is 0 e. The average molecular weight is 248 g/mol. The second kappa shape index (κ2) is 5.99. The molecule has 2 aromatic carbocycles. The molecule has 0 nitrogen and oxygen atoms in total. The minimum Gasteiger partial charge on any atom is -0.165 e. The van der Waals surface area contributed by atoms with Crippen molar-refractivity contribution in [3.05, 3.63) is 55.1 Å². The van der Waals surface area contributed by atoms with E-state index in [-0.39, 0.29) is 26.2 Å². The van der Waals surface area contributed by atoms with Crippen molar-refractivity contribution < 1.29 is 26.2 Å². The molecule has 0 aliphatic rings. The molecule has 2 aromatic rings. The summed E-state index contributed by atoms with van der Waals surface area (Å²) in [5.41, 5.74) is 1.35. The fraction of sp³-hybridized carbons (Fsp3) is 0.0833. The Morgan fingerprint density at radius 2 is 1.77 bits per heavy atom. The molecule has 0 spiro atoms. The molecule has 66 valence electrons. The van der Waals surface area contributed by atoms with Crippen LogP contribution < -0.4 is 0 Å². The van der Waals surface area contributed by atoms with Gasteiger partial charge in [-0.3, -0.25) is 0 Å². The summed E-state index contributed by atoms with van der Waals surface area (Å²) < 4.78 is 0. The Morgan fingerprint density at radius 1 is 1.15 bits per heavy atom. The third kappa shape index (κ3) is 3.01. The first-order valence-corrected chi connectivity index (χ1v) is 3.98. The van der Waals surface area contributed by atoms with Crippen molar-refractivity contribution in [2.75, 3.05) is 0 Å². The molecule has 13 heavy (non-hydrogen) atoms. The monoisotopic (exact) mass is 247 g/mol. The van der Waals surface area contributed by atoms with Crippen molar-refractivity contribution >= 4 is 10.8 Å². The number of hydrogen-bond acceptors (Lipinski definition) is 0. The molecule has 0 atom stereocenters. The third-order valence-electron chi connectivity index (χ3n) is 1.76. The third-order valence-corrected chi connectivity index (χ3v) is 1.76. The normalized spacial score (nSPS) is 8.38. The van der Waals surface area contributed by atoms with Gasteiger partial charge in [-0.05, 0) is 0 Å². The fourth-order valence-corrected chi connectivity index (χ4v) is 1.31. The van der Waals surface area contributed by atoms with Gasteiger partial charge in [-0.1, -0.05) is 13.0 Å². The molecule has 0 N–H and O–H groups in total. The molecule has 1 heteroatoms. The summed E-state index contributed by atoms with van der Waals surface area (Å²) in [5.74, 6) is 0. The van der Waals surface area contributed by atoms with E-state index >= 15 is 0 Å². The van der Waals surface area contributed by atoms with Crippen molar-refractivity contribution in [1.29, 1.82) is 0 Å². The Hall–Kier alpha value is -0.547. The maximum absolute atomic E-state index is 3.00. The SMILES string of the molecule is C=C.Cc1cc2ccccc2[cH-]1.[Zr]. The fourth-order valence-electron chi connectivity index (χ4n) is 1.31. The van der Waals surface area contributed by atoms with E-state index in [1.807, 2.05) is 0 Å². The summed E-state index contributed by atoms with van der Waals surface area (Å²) >= 11 is 0. The number of benzene rings is 1. The molecular formula is C12H13Zr-. The van der Waals surface area contributed by atoms with Crippen molar-refractivity contribution in [1.82, 2.24) is 0 Å². The molecule has 2 rings (SSSR count). The summed E-state index contributed by atoms with van der Waals surface area (Å²) in [6, 6.07) is 12.8. The van der Waals surface area contributed by atoms with Gasteiger partial charge in [0.05, 0.1) is 0 Å². The van der Waals surface area contributed by atoms with Gasteiger partial charge in [0.1, 0.15) is 0 Å².